The molecule has 4 heteroatoms. The van der Waals surface area contributed by atoms with Gasteiger partial charge in [-0.05, 0) is 18.6 Å². The third-order valence-electron chi connectivity index (χ3n) is 3.75. The number of benzene rings is 2. The van der Waals surface area contributed by atoms with Gasteiger partial charge in [0, 0.05) is 41.3 Å². The zero-order valence-corrected chi connectivity index (χ0v) is 11.3. The molecule has 1 heterocycles. The normalized spacial score (nSPS) is 10.9. The van der Waals surface area contributed by atoms with Crippen molar-refractivity contribution in [2.45, 2.75) is 6.92 Å². The zero-order valence-electron chi connectivity index (χ0n) is 11.3. The minimum Gasteiger partial charge on any atom is -0.347 e. The molecule has 100 valence electrons. The van der Waals surface area contributed by atoms with Gasteiger partial charge in [-0.3, -0.25) is 10.1 Å². The monoisotopic (exact) mass is 266 g/mol. The van der Waals surface area contributed by atoms with Crippen LogP contribution in [0.4, 0.5) is 5.69 Å². The maximum Gasteiger partial charge on any atom is 0.270 e. The predicted molar refractivity (Wildman–Crippen MR) is 79.7 cm³/mol. The van der Waals surface area contributed by atoms with Gasteiger partial charge in [-0.2, -0.15) is 0 Å². The second-order valence-electron chi connectivity index (χ2n) is 4.84. The van der Waals surface area contributed by atoms with Crippen LogP contribution < -0.4 is 0 Å². The summed E-state index contributed by atoms with van der Waals surface area (Å²) in [5.41, 5.74) is 4.38. The molecule has 3 aromatic rings. The molecule has 0 radical (unpaired) electrons. The summed E-state index contributed by atoms with van der Waals surface area (Å²) >= 11 is 0. The lowest BCUT2D eigenvalue weighted by Crippen LogP contribution is -1.90. The Bertz CT molecular complexity index is 804. The summed E-state index contributed by atoms with van der Waals surface area (Å²) in [6.45, 7) is 2.04. The van der Waals surface area contributed by atoms with Crippen molar-refractivity contribution in [2.24, 2.45) is 7.05 Å². The average Bonchev–Trinajstić information content (AvgIpc) is 2.71. The Labute approximate surface area is 116 Å². The second-order valence-corrected chi connectivity index (χ2v) is 4.84. The van der Waals surface area contributed by atoms with E-state index >= 15 is 0 Å². The molecule has 0 atom stereocenters. The lowest BCUT2D eigenvalue weighted by Gasteiger charge is -2.02. The zero-order chi connectivity index (χ0) is 14.3. The van der Waals surface area contributed by atoms with Crippen molar-refractivity contribution < 1.29 is 4.92 Å². The van der Waals surface area contributed by atoms with Crippen LogP contribution in [-0.2, 0) is 7.05 Å². The molecule has 0 saturated heterocycles. The molecule has 0 saturated carbocycles. The van der Waals surface area contributed by atoms with Gasteiger partial charge in [0.15, 0.2) is 0 Å². The van der Waals surface area contributed by atoms with Gasteiger partial charge in [-0.25, -0.2) is 0 Å². The van der Waals surface area contributed by atoms with Crippen LogP contribution >= 0.6 is 0 Å². The molecule has 0 unspecified atom stereocenters. The van der Waals surface area contributed by atoms with Gasteiger partial charge < -0.3 is 4.57 Å². The van der Waals surface area contributed by atoms with Gasteiger partial charge in [0.2, 0.25) is 0 Å². The lowest BCUT2D eigenvalue weighted by atomic mass is 10.0. The molecule has 4 nitrogen and oxygen atoms in total. The van der Waals surface area contributed by atoms with Crippen LogP contribution in [-0.4, -0.2) is 9.49 Å². The van der Waals surface area contributed by atoms with Crippen molar-refractivity contribution in [3.8, 4) is 11.1 Å². The summed E-state index contributed by atoms with van der Waals surface area (Å²) in [7, 11) is 1.98. The number of nitrogens with zero attached hydrogens (tertiary/aromatic N) is 2. The quantitative estimate of drug-likeness (QED) is 0.518. The molecule has 0 aliphatic heterocycles. The maximum atomic E-state index is 11.0. The molecule has 0 fully saturated rings. The number of non-ortho nitro benzene ring substituents is 1. The largest absolute Gasteiger partial charge is 0.347 e. The summed E-state index contributed by atoms with van der Waals surface area (Å²) in [4.78, 5) is 10.6. The lowest BCUT2D eigenvalue weighted by molar-refractivity contribution is -0.384. The molecule has 2 aromatic carbocycles. The Morgan fingerprint density at radius 3 is 2.45 bits per heavy atom. The van der Waals surface area contributed by atoms with Gasteiger partial charge in [-0.1, -0.05) is 30.3 Å². The Kier molecular flexibility index (Phi) is 2.79. The van der Waals surface area contributed by atoms with E-state index in [2.05, 4.69) is 4.57 Å². The van der Waals surface area contributed by atoms with E-state index in [0.29, 0.717) is 0 Å². The molecule has 0 bridgehead atoms. The van der Waals surface area contributed by atoms with E-state index in [4.69, 9.17) is 0 Å². The fourth-order valence-electron chi connectivity index (χ4n) is 2.64. The smallest absolute Gasteiger partial charge is 0.270 e. The van der Waals surface area contributed by atoms with Gasteiger partial charge in [0.25, 0.3) is 5.69 Å². The summed E-state index contributed by atoms with van der Waals surface area (Å²) in [5, 5.41) is 11.9. The van der Waals surface area contributed by atoms with E-state index in [1.54, 1.807) is 12.1 Å². The molecule has 0 amide bonds. The van der Waals surface area contributed by atoms with Crippen molar-refractivity contribution in [2.75, 3.05) is 0 Å². The third kappa shape index (κ3) is 1.77. The highest BCUT2D eigenvalue weighted by atomic mass is 16.6. The number of hydrogen-bond acceptors (Lipinski definition) is 2. The van der Waals surface area contributed by atoms with Crippen LogP contribution in [0.5, 0.6) is 0 Å². The van der Waals surface area contributed by atoms with Crippen LogP contribution in [0.15, 0.2) is 48.5 Å². The highest BCUT2D eigenvalue weighted by molar-refractivity contribution is 5.99. The number of fused-ring (bicyclic) bond motifs is 1. The third-order valence-corrected chi connectivity index (χ3v) is 3.75. The molecular weight excluding hydrogens is 252 g/mol. The highest BCUT2D eigenvalue weighted by Crippen LogP contribution is 2.35. The molecular formula is C16H14N2O2. The predicted octanol–water partition coefficient (Wildman–Crippen LogP) is 4.06. The minimum atomic E-state index is -0.351. The van der Waals surface area contributed by atoms with Gasteiger partial charge in [0.05, 0.1) is 4.92 Å². The number of nitro benzene ring substituents is 1. The highest BCUT2D eigenvalue weighted by Gasteiger charge is 2.16. The van der Waals surface area contributed by atoms with Gasteiger partial charge in [0.1, 0.15) is 0 Å². The van der Waals surface area contributed by atoms with Crippen LogP contribution in [0.3, 0.4) is 0 Å². The summed E-state index contributed by atoms with van der Waals surface area (Å²) in [6, 6.07) is 15.0. The van der Waals surface area contributed by atoms with Crippen LogP contribution in [0.2, 0.25) is 0 Å². The van der Waals surface area contributed by atoms with E-state index in [9.17, 15) is 10.1 Å². The standard InChI is InChI=1S/C16H14N2O2/c1-11-16(12-6-4-3-5-7-12)14-10-13(18(19)20)8-9-15(14)17(11)2/h3-10H,1-2H3. The van der Waals surface area contributed by atoms with Crippen LogP contribution in [0, 0.1) is 17.0 Å². The number of rotatable bonds is 2. The first-order valence-corrected chi connectivity index (χ1v) is 6.38. The maximum absolute atomic E-state index is 11.0. The van der Waals surface area contributed by atoms with Crippen LogP contribution in [0.1, 0.15) is 5.69 Å². The van der Waals surface area contributed by atoms with E-state index in [1.807, 2.05) is 50.4 Å². The van der Waals surface area contributed by atoms with Gasteiger partial charge >= 0.3 is 0 Å². The number of aromatic nitrogens is 1. The number of hydrogen-bond donors (Lipinski definition) is 0. The Morgan fingerprint density at radius 1 is 1.10 bits per heavy atom. The number of nitro groups is 1. The summed E-state index contributed by atoms with van der Waals surface area (Å²) < 4.78 is 2.07. The first-order valence-electron chi connectivity index (χ1n) is 6.38. The Balaban J connectivity index is 2.38. The van der Waals surface area contributed by atoms with Crippen molar-refractivity contribution >= 4 is 16.6 Å². The topological polar surface area (TPSA) is 48.1 Å². The molecule has 0 spiro atoms. The fraction of sp³-hybridized carbons (Fsp3) is 0.125. The van der Waals surface area contributed by atoms with Crippen molar-refractivity contribution in [1.29, 1.82) is 0 Å². The van der Waals surface area contributed by atoms with Crippen molar-refractivity contribution in [1.82, 2.24) is 4.57 Å². The molecule has 0 aliphatic rings. The first-order chi connectivity index (χ1) is 9.59. The minimum absolute atomic E-state index is 0.125. The Morgan fingerprint density at radius 2 is 1.80 bits per heavy atom. The average molecular weight is 266 g/mol. The van der Waals surface area contributed by atoms with Gasteiger partial charge in [-0.15, -0.1) is 0 Å². The first kappa shape index (κ1) is 12.4. The molecule has 0 N–H and O–H groups in total. The molecule has 20 heavy (non-hydrogen) atoms. The van der Waals surface area contributed by atoms with Crippen LogP contribution in [0.25, 0.3) is 22.0 Å². The van der Waals surface area contributed by atoms with E-state index in [0.717, 1.165) is 27.7 Å². The molecule has 0 aliphatic carbocycles. The van der Waals surface area contributed by atoms with E-state index in [1.165, 1.54) is 0 Å². The Hall–Kier alpha value is -2.62. The SMILES string of the molecule is Cc1c(-c2ccccc2)c2cc([N+](=O)[O-])ccc2n1C. The van der Waals surface area contributed by atoms with Crippen molar-refractivity contribution in [3.63, 3.8) is 0 Å². The summed E-state index contributed by atoms with van der Waals surface area (Å²) in [5.74, 6) is 0. The second kappa shape index (κ2) is 4.49. The molecule has 3 rings (SSSR count). The van der Waals surface area contributed by atoms with Crippen molar-refractivity contribution in [3.05, 3.63) is 64.3 Å². The molecule has 1 aromatic heterocycles. The number of aryl methyl sites for hydroxylation is 1. The van der Waals surface area contributed by atoms with E-state index in [-0.39, 0.29) is 10.6 Å². The fourth-order valence-corrected chi connectivity index (χ4v) is 2.64. The summed E-state index contributed by atoms with van der Waals surface area (Å²) in [6.07, 6.45) is 0. The van der Waals surface area contributed by atoms with E-state index < -0.39 is 0 Å².